The average molecular weight is 255 g/mol. The molecular weight excluding hydrogens is 233 g/mol. The highest BCUT2D eigenvalue weighted by Gasteiger charge is 2.24. The largest absolute Gasteiger partial charge is 0.493 e. The lowest BCUT2D eigenvalue weighted by molar-refractivity contribution is 0.145. The summed E-state index contributed by atoms with van der Waals surface area (Å²) < 4.78 is 18.4. The quantitative estimate of drug-likeness (QED) is 0.701. The molecule has 3 nitrogen and oxygen atoms in total. The standard InChI is InChI=1S/C14H22FNO2/c1-3-14(11-17,16-2)8-5-9-18-13-7-4-6-12(15)10-13/h4,6-7,10,16-17H,3,5,8-9,11H2,1-2H3. The van der Waals surface area contributed by atoms with Gasteiger partial charge in [-0.05, 0) is 38.4 Å². The average Bonchev–Trinajstić information content (AvgIpc) is 2.40. The number of nitrogens with one attached hydrogen (secondary N) is 1. The first kappa shape index (κ1) is 14.9. The van der Waals surface area contributed by atoms with Gasteiger partial charge in [-0.3, -0.25) is 0 Å². The lowest BCUT2D eigenvalue weighted by atomic mass is 9.92. The summed E-state index contributed by atoms with van der Waals surface area (Å²) in [6.07, 6.45) is 2.50. The van der Waals surface area contributed by atoms with E-state index in [2.05, 4.69) is 5.32 Å². The zero-order chi connectivity index (χ0) is 13.4. The minimum atomic E-state index is -0.291. The monoisotopic (exact) mass is 255 g/mol. The number of rotatable bonds is 8. The summed E-state index contributed by atoms with van der Waals surface area (Å²) in [5.74, 6) is 0.256. The second-order valence-electron chi connectivity index (χ2n) is 4.45. The van der Waals surface area contributed by atoms with Crippen molar-refractivity contribution < 1.29 is 14.2 Å². The third kappa shape index (κ3) is 4.27. The number of ether oxygens (including phenoxy) is 1. The van der Waals surface area contributed by atoms with Gasteiger partial charge in [0.2, 0.25) is 0 Å². The van der Waals surface area contributed by atoms with Gasteiger partial charge >= 0.3 is 0 Å². The first-order valence-corrected chi connectivity index (χ1v) is 6.34. The second-order valence-corrected chi connectivity index (χ2v) is 4.45. The molecule has 4 heteroatoms. The van der Waals surface area contributed by atoms with Crippen LogP contribution in [0, 0.1) is 5.82 Å². The van der Waals surface area contributed by atoms with Crippen molar-refractivity contribution in [3.63, 3.8) is 0 Å². The molecule has 102 valence electrons. The minimum absolute atomic E-state index is 0.111. The van der Waals surface area contributed by atoms with Gasteiger partial charge in [0.15, 0.2) is 0 Å². The summed E-state index contributed by atoms with van der Waals surface area (Å²) in [5, 5.41) is 12.5. The number of aliphatic hydroxyl groups excluding tert-OH is 1. The van der Waals surface area contributed by atoms with Crippen LogP contribution in [0.2, 0.25) is 0 Å². The normalized spacial score (nSPS) is 14.2. The van der Waals surface area contributed by atoms with Crippen molar-refractivity contribution in [2.75, 3.05) is 20.3 Å². The van der Waals surface area contributed by atoms with E-state index in [0.29, 0.717) is 12.4 Å². The summed E-state index contributed by atoms with van der Waals surface area (Å²) in [7, 11) is 1.85. The van der Waals surface area contributed by atoms with Crippen LogP contribution in [-0.2, 0) is 0 Å². The predicted molar refractivity (Wildman–Crippen MR) is 70.3 cm³/mol. The molecule has 0 bridgehead atoms. The molecule has 0 aromatic heterocycles. The van der Waals surface area contributed by atoms with Gasteiger partial charge in [0, 0.05) is 11.6 Å². The number of benzene rings is 1. The highest BCUT2D eigenvalue weighted by Crippen LogP contribution is 2.17. The van der Waals surface area contributed by atoms with Gasteiger partial charge in [-0.15, -0.1) is 0 Å². The fourth-order valence-corrected chi connectivity index (χ4v) is 1.91. The summed E-state index contributed by atoms with van der Waals surface area (Å²) in [4.78, 5) is 0. The van der Waals surface area contributed by atoms with Gasteiger partial charge in [0.1, 0.15) is 11.6 Å². The molecule has 0 amide bonds. The Hall–Kier alpha value is -1.13. The fraction of sp³-hybridized carbons (Fsp3) is 0.571. The van der Waals surface area contributed by atoms with E-state index in [4.69, 9.17) is 4.74 Å². The van der Waals surface area contributed by atoms with E-state index in [1.165, 1.54) is 12.1 Å². The lowest BCUT2D eigenvalue weighted by Crippen LogP contribution is -2.46. The lowest BCUT2D eigenvalue weighted by Gasteiger charge is -2.30. The highest BCUT2D eigenvalue weighted by molar-refractivity contribution is 5.22. The van der Waals surface area contributed by atoms with Crippen LogP contribution in [0.15, 0.2) is 24.3 Å². The van der Waals surface area contributed by atoms with Gasteiger partial charge in [-0.2, -0.15) is 0 Å². The van der Waals surface area contributed by atoms with Crippen molar-refractivity contribution >= 4 is 0 Å². The van der Waals surface area contributed by atoms with E-state index in [-0.39, 0.29) is 18.0 Å². The fourth-order valence-electron chi connectivity index (χ4n) is 1.91. The van der Waals surface area contributed by atoms with Crippen molar-refractivity contribution in [3.05, 3.63) is 30.1 Å². The third-order valence-corrected chi connectivity index (χ3v) is 3.37. The van der Waals surface area contributed by atoms with E-state index in [0.717, 1.165) is 19.3 Å². The molecule has 18 heavy (non-hydrogen) atoms. The topological polar surface area (TPSA) is 41.5 Å². The Bertz CT molecular complexity index is 345. The van der Waals surface area contributed by atoms with E-state index in [1.54, 1.807) is 12.1 Å². The Labute approximate surface area is 108 Å². The zero-order valence-electron chi connectivity index (χ0n) is 11.1. The summed E-state index contributed by atoms with van der Waals surface area (Å²) >= 11 is 0. The molecule has 1 unspecified atom stereocenters. The molecule has 1 atom stereocenters. The number of likely N-dealkylation sites (N-methyl/N-ethyl adjacent to an activating group) is 1. The van der Waals surface area contributed by atoms with Crippen LogP contribution in [0.1, 0.15) is 26.2 Å². The zero-order valence-corrected chi connectivity index (χ0v) is 11.1. The highest BCUT2D eigenvalue weighted by atomic mass is 19.1. The third-order valence-electron chi connectivity index (χ3n) is 3.37. The summed E-state index contributed by atoms with van der Waals surface area (Å²) in [6, 6.07) is 6.13. The SMILES string of the molecule is CCC(CO)(CCCOc1cccc(F)c1)NC. The molecular formula is C14H22FNO2. The van der Waals surface area contributed by atoms with Crippen LogP contribution in [0.3, 0.4) is 0 Å². The van der Waals surface area contributed by atoms with Gasteiger partial charge in [-0.1, -0.05) is 13.0 Å². The molecule has 0 heterocycles. The molecule has 0 aliphatic carbocycles. The van der Waals surface area contributed by atoms with Crippen molar-refractivity contribution in [3.8, 4) is 5.75 Å². The molecule has 0 aliphatic rings. The number of aliphatic hydroxyl groups is 1. The van der Waals surface area contributed by atoms with Crippen LogP contribution in [0.5, 0.6) is 5.75 Å². The van der Waals surface area contributed by atoms with Crippen LogP contribution in [-0.4, -0.2) is 30.9 Å². The number of hydrogen-bond donors (Lipinski definition) is 2. The smallest absolute Gasteiger partial charge is 0.126 e. The molecule has 0 spiro atoms. The van der Waals surface area contributed by atoms with Crippen molar-refractivity contribution in [2.24, 2.45) is 0 Å². The second kappa shape index (κ2) is 7.34. The van der Waals surface area contributed by atoms with Crippen LogP contribution in [0.25, 0.3) is 0 Å². The van der Waals surface area contributed by atoms with Crippen LogP contribution < -0.4 is 10.1 Å². The van der Waals surface area contributed by atoms with Crippen molar-refractivity contribution in [2.45, 2.75) is 31.7 Å². The molecule has 0 saturated carbocycles. The van der Waals surface area contributed by atoms with Crippen LogP contribution >= 0.6 is 0 Å². The van der Waals surface area contributed by atoms with E-state index >= 15 is 0 Å². The Kier molecular flexibility index (Phi) is 6.09. The predicted octanol–water partition coefficient (Wildman–Crippen LogP) is 2.35. The van der Waals surface area contributed by atoms with Gasteiger partial charge in [0.05, 0.1) is 13.2 Å². The van der Waals surface area contributed by atoms with E-state index in [9.17, 15) is 9.50 Å². The molecule has 0 radical (unpaired) electrons. The molecule has 0 saturated heterocycles. The van der Waals surface area contributed by atoms with Gasteiger partial charge in [-0.25, -0.2) is 4.39 Å². The summed E-state index contributed by atoms with van der Waals surface area (Å²) in [5.41, 5.74) is -0.231. The van der Waals surface area contributed by atoms with Gasteiger partial charge in [0.25, 0.3) is 0 Å². The van der Waals surface area contributed by atoms with Crippen LogP contribution in [0.4, 0.5) is 4.39 Å². The Morgan fingerprint density at radius 2 is 2.22 bits per heavy atom. The Balaban J connectivity index is 2.34. The number of hydrogen-bond acceptors (Lipinski definition) is 3. The molecule has 1 aromatic rings. The number of halogens is 1. The molecule has 2 N–H and O–H groups in total. The van der Waals surface area contributed by atoms with Gasteiger partial charge < -0.3 is 15.2 Å². The van der Waals surface area contributed by atoms with E-state index < -0.39 is 0 Å². The Morgan fingerprint density at radius 3 is 2.78 bits per heavy atom. The van der Waals surface area contributed by atoms with E-state index in [1.807, 2.05) is 14.0 Å². The maximum atomic E-state index is 12.9. The minimum Gasteiger partial charge on any atom is -0.493 e. The maximum Gasteiger partial charge on any atom is 0.126 e. The first-order chi connectivity index (χ1) is 8.65. The Morgan fingerprint density at radius 1 is 1.44 bits per heavy atom. The molecule has 1 rings (SSSR count). The van der Waals surface area contributed by atoms with Crippen molar-refractivity contribution in [1.82, 2.24) is 5.32 Å². The molecule has 1 aromatic carbocycles. The maximum absolute atomic E-state index is 12.9. The summed E-state index contributed by atoms with van der Waals surface area (Å²) in [6.45, 7) is 2.67. The molecule has 0 aliphatic heterocycles. The molecule has 0 fully saturated rings. The van der Waals surface area contributed by atoms with Crippen molar-refractivity contribution in [1.29, 1.82) is 0 Å². The first-order valence-electron chi connectivity index (χ1n) is 6.34.